The lowest BCUT2D eigenvalue weighted by Crippen LogP contribution is -2.45. The van der Waals surface area contributed by atoms with Gasteiger partial charge in [-0.25, -0.2) is 0 Å². The van der Waals surface area contributed by atoms with Crippen molar-refractivity contribution in [1.29, 1.82) is 0 Å². The highest BCUT2D eigenvalue weighted by molar-refractivity contribution is 5.81. The number of likely N-dealkylation sites (tertiary alicyclic amines) is 1. The highest BCUT2D eigenvalue weighted by atomic mass is 16.3. The van der Waals surface area contributed by atoms with Gasteiger partial charge in [0.1, 0.15) is 5.60 Å². The predicted molar refractivity (Wildman–Crippen MR) is 90.9 cm³/mol. The van der Waals surface area contributed by atoms with Gasteiger partial charge in [0.15, 0.2) is 0 Å². The number of benzene rings is 2. The summed E-state index contributed by atoms with van der Waals surface area (Å²) >= 11 is 0. The van der Waals surface area contributed by atoms with Gasteiger partial charge >= 0.3 is 0 Å². The molecule has 1 N–H and O–H groups in total. The van der Waals surface area contributed by atoms with E-state index in [0.29, 0.717) is 0 Å². The molecule has 23 heavy (non-hydrogen) atoms. The monoisotopic (exact) mass is 309 g/mol. The normalized spacial score (nSPS) is 16.3. The molecular formula is C20H23NO2. The molecule has 3 nitrogen and oxygen atoms in total. The van der Waals surface area contributed by atoms with E-state index in [1.54, 1.807) is 0 Å². The average molecular weight is 309 g/mol. The maximum atomic E-state index is 12.9. The number of hydrogen-bond donors (Lipinski definition) is 1. The van der Waals surface area contributed by atoms with Crippen LogP contribution in [0, 0.1) is 5.92 Å². The number of hydrogen-bond acceptors (Lipinski definition) is 2. The number of aliphatic hydroxyl groups is 1. The SMILES string of the molecule is C[C@H](C(=O)N1CCCC1)C(O)(c1ccccc1)c1ccccc1. The van der Waals surface area contributed by atoms with Crippen molar-refractivity contribution in [3.8, 4) is 0 Å². The molecule has 1 aliphatic heterocycles. The molecule has 1 atom stereocenters. The molecule has 1 amide bonds. The fourth-order valence-electron chi connectivity index (χ4n) is 3.44. The van der Waals surface area contributed by atoms with Gasteiger partial charge in [-0.2, -0.15) is 0 Å². The van der Waals surface area contributed by atoms with Crippen LogP contribution in [0.1, 0.15) is 30.9 Å². The third-order valence-electron chi connectivity index (χ3n) is 4.84. The summed E-state index contributed by atoms with van der Waals surface area (Å²) in [5.41, 5.74) is 0.194. The number of amides is 1. The van der Waals surface area contributed by atoms with Crippen molar-refractivity contribution in [2.24, 2.45) is 5.92 Å². The standard InChI is InChI=1S/C20H23NO2/c1-16(19(22)21-14-8-9-15-21)20(23,17-10-4-2-5-11-17)18-12-6-3-7-13-18/h2-7,10-13,16,23H,8-9,14-15H2,1H3/t16-/m1/s1. The Hall–Kier alpha value is -2.13. The first kappa shape index (κ1) is 15.8. The van der Waals surface area contributed by atoms with Crippen LogP contribution in [0.4, 0.5) is 0 Å². The zero-order chi connectivity index (χ0) is 16.3. The minimum atomic E-state index is -1.32. The van der Waals surface area contributed by atoms with Crippen molar-refractivity contribution in [2.75, 3.05) is 13.1 Å². The summed E-state index contributed by atoms with van der Waals surface area (Å²) < 4.78 is 0. The van der Waals surface area contributed by atoms with Crippen molar-refractivity contribution in [1.82, 2.24) is 4.90 Å². The van der Waals surface area contributed by atoms with E-state index < -0.39 is 11.5 Å². The molecule has 0 spiro atoms. The zero-order valence-corrected chi connectivity index (χ0v) is 13.5. The van der Waals surface area contributed by atoms with Gasteiger partial charge in [-0.15, -0.1) is 0 Å². The number of nitrogens with zero attached hydrogens (tertiary/aromatic N) is 1. The highest BCUT2D eigenvalue weighted by Crippen LogP contribution is 2.38. The lowest BCUT2D eigenvalue weighted by molar-refractivity contribution is -0.141. The van der Waals surface area contributed by atoms with E-state index in [2.05, 4.69) is 0 Å². The van der Waals surface area contributed by atoms with E-state index in [0.717, 1.165) is 37.1 Å². The molecule has 1 saturated heterocycles. The van der Waals surface area contributed by atoms with Gasteiger partial charge in [0.2, 0.25) is 5.91 Å². The Morgan fingerprint density at radius 1 is 0.957 bits per heavy atom. The van der Waals surface area contributed by atoms with Crippen LogP contribution in [0.15, 0.2) is 60.7 Å². The van der Waals surface area contributed by atoms with Crippen molar-refractivity contribution >= 4 is 5.91 Å². The zero-order valence-electron chi connectivity index (χ0n) is 13.5. The molecule has 3 heteroatoms. The Kier molecular flexibility index (Phi) is 4.49. The molecule has 0 aliphatic carbocycles. The number of rotatable bonds is 4. The summed E-state index contributed by atoms with van der Waals surface area (Å²) in [6.07, 6.45) is 2.10. The second-order valence-corrected chi connectivity index (χ2v) is 6.25. The van der Waals surface area contributed by atoms with Crippen LogP contribution in [-0.4, -0.2) is 29.0 Å². The third-order valence-corrected chi connectivity index (χ3v) is 4.84. The number of carbonyl (C=O) groups is 1. The van der Waals surface area contributed by atoms with Crippen molar-refractivity contribution in [2.45, 2.75) is 25.4 Å². The van der Waals surface area contributed by atoms with Crippen LogP contribution in [0.2, 0.25) is 0 Å². The van der Waals surface area contributed by atoms with E-state index >= 15 is 0 Å². The first-order chi connectivity index (χ1) is 11.1. The molecule has 3 rings (SSSR count). The third kappa shape index (κ3) is 2.89. The smallest absolute Gasteiger partial charge is 0.229 e. The molecule has 0 radical (unpaired) electrons. The summed E-state index contributed by atoms with van der Waals surface area (Å²) in [7, 11) is 0. The van der Waals surface area contributed by atoms with Crippen molar-refractivity contribution < 1.29 is 9.90 Å². The topological polar surface area (TPSA) is 40.5 Å². The first-order valence-electron chi connectivity index (χ1n) is 8.26. The fraction of sp³-hybridized carbons (Fsp3) is 0.350. The minimum Gasteiger partial charge on any atom is -0.380 e. The van der Waals surface area contributed by atoms with Crippen molar-refractivity contribution in [3.63, 3.8) is 0 Å². The van der Waals surface area contributed by atoms with Crippen LogP contribution in [0.3, 0.4) is 0 Å². The van der Waals surface area contributed by atoms with Crippen LogP contribution < -0.4 is 0 Å². The molecule has 0 unspecified atom stereocenters. The van der Waals surface area contributed by atoms with Crippen molar-refractivity contribution in [3.05, 3.63) is 71.8 Å². The molecule has 0 saturated carbocycles. The average Bonchev–Trinajstić information content (AvgIpc) is 3.16. The van der Waals surface area contributed by atoms with Gasteiger partial charge < -0.3 is 10.0 Å². The molecule has 0 bridgehead atoms. The van der Waals surface area contributed by atoms with Gasteiger partial charge in [0.25, 0.3) is 0 Å². The largest absolute Gasteiger partial charge is 0.380 e. The van der Waals surface area contributed by atoms with Crippen LogP contribution in [0.25, 0.3) is 0 Å². The number of carbonyl (C=O) groups excluding carboxylic acids is 1. The van der Waals surface area contributed by atoms with E-state index in [9.17, 15) is 9.90 Å². The quantitative estimate of drug-likeness (QED) is 0.942. The van der Waals surface area contributed by atoms with E-state index in [-0.39, 0.29) is 5.91 Å². The molecule has 2 aromatic carbocycles. The van der Waals surface area contributed by atoms with Gasteiger partial charge in [0, 0.05) is 13.1 Å². The van der Waals surface area contributed by atoms with Gasteiger partial charge in [-0.05, 0) is 24.0 Å². The Morgan fingerprint density at radius 2 is 1.39 bits per heavy atom. The van der Waals surface area contributed by atoms with Gasteiger partial charge in [-0.3, -0.25) is 4.79 Å². The summed E-state index contributed by atoms with van der Waals surface area (Å²) in [5, 5.41) is 11.6. The summed E-state index contributed by atoms with van der Waals surface area (Å²) in [5.74, 6) is -0.511. The predicted octanol–water partition coefficient (Wildman–Crippen LogP) is 3.18. The Balaban J connectivity index is 2.03. The molecule has 1 fully saturated rings. The Labute approximate surface area is 137 Å². The van der Waals surface area contributed by atoms with Crippen LogP contribution in [0.5, 0.6) is 0 Å². The van der Waals surface area contributed by atoms with Crippen LogP contribution >= 0.6 is 0 Å². The minimum absolute atomic E-state index is 0.0257. The molecule has 1 aliphatic rings. The Morgan fingerprint density at radius 3 is 1.83 bits per heavy atom. The maximum Gasteiger partial charge on any atom is 0.229 e. The molecule has 0 aromatic heterocycles. The lowest BCUT2D eigenvalue weighted by Gasteiger charge is -2.36. The first-order valence-corrected chi connectivity index (χ1v) is 8.26. The summed E-state index contributed by atoms with van der Waals surface area (Å²) in [6, 6.07) is 19.0. The molecule has 2 aromatic rings. The molecular weight excluding hydrogens is 286 g/mol. The highest BCUT2D eigenvalue weighted by Gasteiger charge is 2.43. The van der Waals surface area contributed by atoms with Crippen LogP contribution in [-0.2, 0) is 10.4 Å². The molecule has 1 heterocycles. The van der Waals surface area contributed by atoms with Gasteiger partial charge in [0.05, 0.1) is 5.92 Å². The lowest BCUT2D eigenvalue weighted by atomic mass is 9.76. The van der Waals surface area contributed by atoms with E-state index in [1.165, 1.54) is 0 Å². The maximum absolute atomic E-state index is 12.9. The van der Waals surface area contributed by atoms with E-state index in [4.69, 9.17) is 0 Å². The molecule has 120 valence electrons. The summed E-state index contributed by atoms with van der Waals surface area (Å²) in [6.45, 7) is 3.42. The Bertz CT molecular complexity index is 608. The van der Waals surface area contributed by atoms with E-state index in [1.807, 2.05) is 72.5 Å². The second kappa shape index (κ2) is 6.55. The second-order valence-electron chi connectivity index (χ2n) is 6.25. The van der Waals surface area contributed by atoms with Gasteiger partial charge in [-0.1, -0.05) is 67.6 Å². The summed E-state index contributed by atoms with van der Waals surface area (Å²) in [4.78, 5) is 14.8. The fourth-order valence-corrected chi connectivity index (χ4v) is 3.44.